The number of benzene rings is 1. The summed E-state index contributed by atoms with van der Waals surface area (Å²) >= 11 is 5.51. The number of nitrogens with zero attached hydrogens (tertiary/aromatic N) is 1. The van der Waals surface area contributed by atoms with Crippen LogP contribution in [-0.4, -0.2) is 35.5 Å². The number of hydrogen-bond donors (Lipinski definition) is 1. The molecule has 1 saturated carbocycles. The van der Waals surface area contributed by atoms with Crippen LogP contribution in [0.15, 0.2) is 18.2 Å². The van der Waals surface area contributed by atoms with Crippen LogP contribution >= 0.6 is 11.6 Å². The Balaban J connectivity index is 2.65. The molecule has 0 heterocycles. The fraction of sp³-hybridized carbons (Fsp3) is 0.500. The van der Waals surface area contributed by atoms with Crippen molar-refractivity contribution in [2.45, 2.75) is 37.0 Å². The monoisotopic (exact) mass is 374 g/mol. The van der Waals surface area contributed by atoms with Crippen molar-refractivity contribution in [3.8, 4) is 0 Å². The summed E-state index contributed by atoms with van der Waals surface area (Å²) in [5.41, 5.74) is 4.14. The van der Waals surface area contributed by atoms with E-state index in [2.05, 4.69) is 0 Å². The van der Waals surface area contributed by atoms with Crippen LogP contribution in [0.25, 0.3) is 0 Å². The van der Waals surface area contributed by atoms with E-state index < -0.39 is 53.0 Å². The van der Waals surface area contributed by atoms with Crippen molar-refractivity contribution < 1.29 is 31.1 Å². The largest absolute Gasteiger partial charge is 0.455 e. The number of alkyl halides is 5. The van der Waals surface area contributed by atoms with Crippen molar-refractivity contribution in [1.29, 1.82) is 0 Å². The first-order valence-corrected chi connectivity index (χ1v) is 7.29. The number of carbonyl (C=O) groups is 1. The van der Waals surface area contributed by atoms with Gasteiger partial charge in [-0.25, -0.2) is 4.39 Å². The Hall–Kier alpha value is -1.48. The van der Waals surface area contributed by atoms with Gasteiger partial charge in [-0.1, -0.05) is 23.7 Å². The van der Waals surface area contributed by atoms with Gasteiger partial charge in [-0.2, -0.15) is 22.0 Å². The van der Waals surface area contributed by atoms with Crippen molar-refractivity contribution in [3.63, 3.8) is 0 Å². The first-order valence-electron chi connectivity index (χ1n) is 6.92. The van der Waals surface area contributed by atoms with E-state index in [0.717, 1.165) is 18.2 Å². The number of hydrogen-bond acceptors (Lipinski definition) is 2. The molecular weight excluding hydrogens is 362 g/mol. The summed E-state index contributed by atoms with van der Waals surface area (Å²) in [5, 5.41) is -0.619. The second-order valence-corrected chi connectivity index (χ2v) is 5.81. The van der Waals surface area contributed by atoms with Gasteiger partial charge in [0.25, 0.3) is 0 Å². The molecule has 1 aliphatic carbocycles. The van der Waals surface area contributed by atoms with E-state index in [1.807, 2.05) is 0 Å². The molecular formula is C14H13ClF6N2O. The lowest BCUT2D eigenvalue weighted by atomic mass is 9.96. The summed E-state index contributed by atoms with van der Waals surface area (Å²) in [4.78, 5) is 12.3. The molecule has 0 radical (unpaired) electrons. The number of nitrogens with two attached hydrogens (primary N) is 1. The molecule has 1 amide bonds. The predicted octanol–water partition coefficient (Wildman–Crippen LogP) is 3.67. The fourth-order valence-corrected chi connectivity index (χ4v) is 2.60. The second kappa shape index (κ2) is 6.44. The molecule has 0 spiro atoms. The van der Waals surface area contributed by atoms with Gasteiger partial charge in [0.05, 0.1) is 11.6 Å². The SMILES string of the molecule is NCC(=O)N(C1CC1)C(c1cccc(Cl)c1F)C(F)(F)C(F)(F)F. The molecule has 1 unspecified atom stereocenters. The quantitative estimate of drug-likeness (QED) is 0.799. The highest BCUT2D eigenvalue weighted by Gasteiger charge is 2.66. The van der Waals surface area contributed by atoms with Gasteiger partial charge in [0.15, 0.2) is 0 Å². The molecule has 1 aromatic carbocycles. The van der Waals surface area contributed by atoms with Crippen LogP contribution in [0.2, 0.25) is 5.02 Å². The minimum absolute atomic E-state index is 0.234. The van der Waals surface area contributed by atoms with Crippen LogP contribution in [0.4, 0.5) is 26.3 Å². The minimum Gasteiger partial charge on any atom is -0.325 e. The van der Waals surface area contributed by atoms with Gasteiger partial charge in [-0.15, -0.1) is 0 Å². The van der Waals surface area contributed by atoms with E-state index in [4.69, 9.17) is 17.3 Å². The van der Waals surface area contributed by atoms with Crippen molar-refractivity contribution >= 4 is 17.5 Å². The van der Waals surface area contributed by atoms with Crippen molar-refractivity contribution in [2.24, 2.45) is 5.73 Å². The zero-order valence-electron chi connectivity index (χ0n) is 12.1. The minimum atomic E-state index is -5.99. The molecule has 10 heteroatoms. The summed E-state index contributed by atoms with van der Waals surface area (Å²) in [7, 11) is 0. The molecule has 1 atom stereocenters. The number of halogens is 7. The van der Waals surface area contributed by atoms with Gasteiger partial charge < -0.3 is 10.6 Å². The van der Waals surface area contributed by atoms with E-state index in [0.29, 0.717) is 4.90 Å². The van der Waals surface area contributed by atoms with Crippen LogP contribution in [0.3, 0.4) is 0 Å². The van der Waals surface area contributed by atoms with Crippen LogP contribution in [0.5, 0.6) is 0 Å². The maximum atomic E-state index is 14.2. The molecule has 24 heavy (non-hydrogen) atoms. The fourth-order valence-electron chi connectivity index (χ4n) is 2.42. The first-order chi connectivity index (χ1) is 11.0. The third-order valence-electron chi connectivity index (χ3n) is 3.68. The zero-order chi connectivity index (χ0) is 18.3. The van der Waals surface area contributed by atoms with E-state index in [9.17, 15) is 31.1 Å². The van der Waals surface area contributed by atoms with Crippen molar-refractivity contribution in [3.05, 3.63) is 34.6 Å². The molecule has 3 nitrogen and oxygen atoms in total. The van der Waals surface area contributed by atoms with Gasteiger partial charge in [-0.3, -0.25) is 4.79 Å². The van der Waals surface area contributed by atoms with Crippen LogP contribution < -0.4 is 5.73 Å². The molecule has 1 aromatic rings. The first kappa shape index (κ1) is 18.9. The highest BCUT2D eigenvalue weighted by Crippen LogP contribution is 2.51. The van der Waals surface area contributed by atoms with Crippen molar-refractivity contribution in [1.82, 2.24) is 4.90 Å². The summed E-state index contributed by atoms with van der Waals surface area (Å²) in [5.74, 6) is -7.93. The summed E-state index contributed by atoms with van der Waals surface area (Å²) in [6.07, 6.45) is -5.52. The van der Waals surface area contributed by atoms with Crippen LogP contribution in [0, 0.1) is 5.82 Å². The van der Waals surface area contributed by atoms with Crippen LogP contribution in [-0.2, 0) is 4.79 Å². The van der Waals surface area contributed by atoms with Crippen molar-refractivity contribution in [2.75, 3.05) is 6.54 Å². The maximum absolute atomic E-state index is 14.2. The third-order valence-corrected chi connectivity index (χ3v) is 3.97. The lowest BCUT2D eigenvalue weighted by molar-refractivity contribution is -0.304. The van der Waals surface area contributed by atoms with E-state index in [1.165, 1.54) is 0 Å². The van der Waals surface area contributed by atoms with E-state index in [1.54, 1.807) is 0 Å². The Morgan fingerprint density at radius 1 is 1.29 bits per heavy atom. The normalized spacial score (nSPS) is 16.8. The average molecular weight is 375 g/mol. The summed E-state index contributed by atoms with van der Waals surface area (Å²) < 4.78 is 81.3. The Morgan fingerprint density at radius 2 is 1.88 bits per heavy atom. The molecule has 1 fully saturated rings. The lowest BCUT2D eigenvalue weighted by Crippen LogP contribution is -2.53. The number of rotatable bonds is 5. The Kier molecular flexibility index (Phi) is 5.06. The molecule has 134 valence electrons. The molecule has 0 saturated heterocycles. The smallest absolute Gasteiger partial charge is 0.325 e. The van der Waals surface area contributed by atoms with Gasteiger partial charge in [0, 0.05) is 11.6 Å². The summed E-state index contributed by atoms with van der Waals surface area (Å²) in [6.45, 7) is -0.775. The Labute approximate surface area is 138 Å². The molecule has 0 aliphatic heterocycles. The standard InChI is InChI=1S/C14H13ClF6N2O/c15-9-3-1-2-8(11(9)16)12(13(17,18)14(19,20)21)23(7-4-5-7)10(24)6-22/h1-3,7,12H,4-6,22H2. The molecule has 0 bridgehead atoms. The predicted molar refractivity (Wildman–Crippen MR) is 74.1 cm³/mol. The van der Waals surface area contributed by atoms with Gasteiger partial charge in [0.2, 0.25) is 5.91 Å². The second-order valence-electron chi connectivity index (χ2n) is 5.40. The number of amides is 1. The third kappa shape index (κ3) is 3.32. The topological polar surface area (TPSA) is 46.3 Å². The van der Waals surface area contributed by atoms with Gasteiger partial charge in [-0.05, 0) is 18.9 Å². The number of carbonyl (C=O) groups excluding carboxylic acids is 1. The van der Waals surface area contributed by atoms with E-state index >= 15 is 0 Å². The Bertz CT molecular complexity index is 632. The summed E-state index contributed by atoms with van der Waals surface area (Å²) in [6, 6.07) is -0.921. The zero-order valence-corrected chi connectivity index (χ0v) is 12.8. The average Bonchev–Trinajstić information content (AvgIpc) is 3.30. The molecule has 2 N–H and O–H groups in total. The lowest BCUT2D eigenvalue weighted by Gasteiger charge is -2.38. The molecule has 2 rings (SSSR count). The highest BCUT2D eigenvalue weighted by atomic mass is 35.5. The van der Waals surface area contributed by atoms with E-state index in [-0.39, 0.29) is 12.8 Å². The van der Waals surface area contributed by atoms with Gasteiger partial charge >= 0.3 is 12.1 Å². The maximum Gasteiger partial charge on any atom is 0.455 e. The molecule has 1 aliphatic rings. The van der Waals surface area contributed by atoms with Gasteiger partial charge in [0.1, 0.15) is 11.9 Å². The highest BCUT2D eigenvalue weighted by molar-refractivity contribution is 6.30. The Morgan fingerprint density at radius 3 is 2.33 bits per heavy atom. The molecule has 0 aromatic heterocycles. The van der Waals surface area contributed by atoms with Crippen LogP contribution in [0.1, 0.15) is 24.4 Å².